The van der Waals surface area contributed by atoms with E-state index in [-0.39, 0.29) is 11.5 Å². The zero-order valence-corrected chi connectivity index (χ0v) is 16.0. The number of ether oxygens (including phenoxy) is 1. The molecule has 0 aliphatic rings. The van der Waals surface area contributed by atoms with Crippen molar-refractivity contribution >= 4 is 0 Å². The number of halogens is 3. The number of hydrogen-bond acceptors (Lipinski definition) is 6. The summed E-state index contributed by atoms with van der Waals surface area (Å²) in [5.74, 6) is 0.272. The van der Waals surface area contributed by atoms with Crippen molar-refractivity contribution in [2.75, 3.05) is 27.2 Å². The van der Waals surface area contributed by atoms with Crippen LogP contribution in [-0.2, 0) is 12.7 Å². The summed E-state index contributed by atoms with van der Waals surface area (Å²) < 4.78 is 45.9. The van der Waals surface area contributed by atoms with Gasteiger partial charge in [0.25, 0.3) is 0 Å². The number of alkyl halides is 3. The Kier molecular flexibility index (Phi) is 6.45. The van der Waals surface area contributed by atoms with Crippen LogP contribution in [0.1, 0.15) is 11.1 Å². The van der Waals surface area contributed by atoms with Gasteiger partial charge in [-0.15, -0.1) is 0 Å². The highest BCUT2D eigenvalue weighted by Gasteiger charge is 2.32. The van der Waals surface area contributed by atoms with E-state index in [0.717, 1.165) is 30.8 Å². The third kappa shape index (κ3) is 5.52. The summed E-state index contributed by atoms with van der Waals surface area (Å²) in [6.07, 6.45) is 1.23. The maximum Gasteiger partial charge on any atom is 0.416 e. The highest BCUT2D eigenvalue weighted by Crippen LogP contribution is 2.37. The molecule has 10 heteroatoms. The first-order valence-electron chi connectivity index (χ1n) is 8.88. The molecular weight excluding hydrogens is 385 g/mol. The molecule has 2 aromatic heterocycles. The number of aromatic nitrogens is 4. The lowest BCUT2D eigenvalue weighted by Gasteiger charge is -2.17. The summed E-state index contributed by atoms with van der Waals surface area (Å²) >= 11 is 0. The molecule has 3 aromatic rings. The molecule has 7 nitrogen and oxygen atoms in total. The van der Waals surface area contributed by atoms with E-state index in [0.29, 0.717) is 17.8 Å². The van der Waals surface area contributed by atoms with Crippen LogP contribution < -0.4 is 10.1 Å². The summed E-state index contributed by atoms with van der Waals surface area (Å²) in [7, 11) is 3.79. The molecule has 0 amide bonds. The van der Waals surface area contributed by atoms with E-state index in [1.54, 1.807) is 6.20 Å². The van der Waals surface area contributed by atoms with Gasteiger partial charge in [-0.25, -0.2) is 9.97 Å². The Balaban J connectivity index is 1.95. The van der Waals surface area contributed by atoms with E-state index in [1.807, 2.05) is 14.1 Å². The highest BCUT2D eigenvalue weighted by atomic mass is 19.4. The number of nitrogens with zero attached hydrogens (tertiary/aromatic N) is 4. The van der Waals surface area contributed by atoms with Gasteiger partial charge in [0.1, 0.15) is 12.1 Å². The van der Waals surface area contributed by atoms with E-state index in [4.69, 9.17) is 4.74 Å². The lowest BCUT2D eigenvalue weighted by molar-refractivity contribution is -0.137. The molecular formula is C19H21F3N6O. The molecule has 0 atom stereocenters. The van der Waals surface area contributed by atoms with Crippen LogP contribution in [0.4, 0.5) is 13.2 Å². The van der Waals surface area contributed by atoms with E-state index in [9.17, 15) is 13.2 Å². The Bertz CT molecular complexity index is 929. The monoisotopic (exact) mass is 406 g/mol. The van der Waals surface area contributed by atoms with Crippen LogP contribution in [0.2, 0.25) is 0 Å². The second kappa shape index (κ2) is 9.01. The molecule has 3 rings (SSSR count). The molecule has 0 saturated heterocycles. The number of benzene rings is 1. The minimum atomic E-state index is -4.53. The average molecular weight is 406 g/mol. The highest BCUT2D eigenvalue weighted by molar-refractivity contribution is 5.66. The molecule has 154 valence electrons. The second-order valence-electron chi connectivity index (χ2n) is 6.52. The number of H-pyrrole nitrogens is 1. The summed E-state index contributed by atoms with van der Waals surface area (Å²) in [5, 5.41) is 9.99. The minimum absolute atomic E-state index is 0.0297. The molecule has 0 bridgehead atoms. The van der Waals surface area contributed by atoms with E-state index < -0.39 is 11.7 Å². The predicted molar refractivity (Wildman–Crippen MR) is 101 cm³/mol. The number of hydrogen-bond donors (Lipinski definition) is 2. The molecule has 2 heterocycles. The molecule has 0 fully saturated rings. The summed E-state index contributed by atoms with van der Waals surface area (Å²) in [6, 6.07) is 3.54. The van der Waals surface area contributed by atoms with E-state index >= 15 is 0 Å². The molecule has 0 radical (unpaired) electrons. The number of likely N-dealkylation sites (N-methyl/N-ethyl adjacent to an activating group) is 2. The van der Waals surface area contributed by atoms with Crippen molar-refractivity contribution in [2.24, 2.45) is 0 Å². The van der Waals surface area contributed by atoms with Gasteiger partial charge in [0.15, 0.2) is 5.75 Å². The van der Waals surface area contributed by atoms with Gasteiger partial charge < -0.3 is 15.0 Å². The van der Waals surface area contributed by atoms with E-state index in [2.05, 4.69) is 30.4 Å². The van der Waals surface area contributed by atoms with Crippen molar-refractivity contribution in [1.82, 2.24) is 30.4 Å². The van der Waals surface area contributed by atoms with Crippen molar-refractivity contribution in [3.63, 3.8) is 0 Å². The maximum atomic E-state index is 13.5. The molecule has 0 aliphatic heterocycles. The van der Waals surface area contributed by atoms with E-state index in [1.165, 1.54) is 24.8 Å². The molecule has 0 aliphatic carbocycles. The number of aromatic amines is 1. The third-order valence-electron chi connectivity index (χ3n) is 4.18. The van der Waals surface area contributed by atoms with Gasteiger partial charge in [0.05, 0.1) is 23.7 Å². The largest absolute Gasteiger partial charge is 0.454 e. The van der Waals surface area contributed by atoms with Crippen LogP contribution in [0, 0.1) is 0 Å². The van der Waals surface area contributed by atoms with Gasteiger partial charge in [0.2, 0.25) is 0 Å². The molecule has 0 spiro atoms. The zero-order valence-electron chi connectivity index (χ0n) is 16.0. The first-order chi connectivity index (χ1) is 13.9. The molecule has 1 aromatic carbocycles. The molecule has 0 saturated carbocycles. The smallest absolute Gasteiger partial charge is 0.416 e. The fraction of sp³-hybridized carbons (Fsp3) is 0.316. The topological polar surface area (TPSA) is 79.0 Å². The third-order valence-corrected chi connectivity index (χ3v) is 4.18. The first-order valence-corrected chi connectivity index (χ1v) is 8.88. The van der Waals surface area contributed by atoms with Crippen LogP contribution in [0.15, 0.2) is 43.1 Å². The second-order valence-corrected chi connectivity index (χ2v) is 6.52. The Morgan fingerprint density at radius 1 is 1.14 bits per heavy atom. The van der Waals surface area contributed by atoms with Gasteiger partial charge in [-0.2, -0.15) is 18.3 Å². The molecule has 2 N–H and O–H groups in total. The van der Waals surface area contributed by atoms with Crippen LogP contribution in [0.5, 0.6) is 11.5 Å². The van der Waals surface area contributed by atoms with Crippen molar-refractivity contribution < 1.29 is 17.9 Å². The Morgan fingerprint density at radius 3 is 2.59 bits per heavy atom. The van der Waals surface area contributed by atoms with Crippen LogP contribution in [0.3, 0.4) is 0 Å². The molecule has 0 unspecified atom stereocenters. The zero-order chi connectivity index (χ0) is 20.9. The number of rotatable bonds is 8. The average Bonchev–Trinajstić information content (AvgIpc) is 3.14. The normalized spacial score (nSPS) is 11.8. The number of nitrogens with one attached hydrogen (secondary N) is 2. The lowest BCUT2D eigenvalue weighted by atomic mass is 10.0. The standard InChI is InChI=1S/C19H21F3N6O/c1-23-3-4-28(2)11-14-8-26-27-18(14)13-5-15(19(20,21)22)7-16(6-13)29-17-9-24-12-25-10-17/h5-10,12,23H,3-4,11H2,1-2H3,(H,26,27). The van der Waals surface area contributed by atoms with Gasteiger partial charge in [0, 0.05) is 37.0 Å². The summed E-state index contributed by atoms with van der Waals surface area (Å²) in [6.45, 7) is 2.11. The van der Waals surface area contributed by atoms with Crippen LogP contribution in [0.25, 0.3) is 11.3 Å². The lowest BCUT2D eigenvalue weighted by Crippen LogP contribution is -2.27. The van der Waals surface area contributed by atoms with Crippen LogP contribution in [-0.4, -0.2) is 52.3 Å². The fourth-order valence-electron chi connectivity index (χ4n) is 2.79. The Morgan fingerprint density at radius 2 is 1.90 bits per heavy atom. The fourth-order valence-corrected chi connectivity index (χ4v) is 2.79. The van der Waals surface area contributed by atoms with Gasteiger partial charge in [-0.3, -0.25) is 5.10 Å². The SMILES string of the molecule is CNCCN(C)Cc1c[nH]nc1-c1cc(Oc2cncnc2)cc(C(F)(F)F)c1. The van der Waals surface area contributed by atoms with Crippen molar-refractivity contribution in [3.8, 4) is 22.8 Å². The van der Waals surface area contributed by atoms with Crippen molar-refractivity contribution in [3.05, 3.63) is 54.2 Å². The first kappa shape index (κ1) is 20.7. The summed E-state index contributed by atoms with van der Waals surface area (Å²) in [5.41, 5.74) is 0.725. The summed E-state index contributed by atoms with van der Waals surface area (Å²) in [4.78, 5) is 9.67. The van der Waals surface area contributed by atoms with Gasteiger partial charge in [-0.05, 0) is 32.3 Å². The minimum Gasteiger partial charge on any atom is -0.454 e. The molecule has 29 heavy (non-hydrogen) atoms. The van der Waals surface area contributed by atoms with Gasteiger partial charge >= 0.3 is 6.18 Å². The van der Waals surface area contributed by atoms with Gasteiger partial charge in [-0.1, -0.05) is 0 Å². The van der Waals surface area contributed by atoms with Crippen molar-refractivity contribution in [2.45, 2.75) is 12.7 Å². The predicted octanol–water partition coefficient (Wildman–Crippen LogP) is 3.33. The quantitative estimate of drug-likeness (QED) is 0.598. The Hall–Kier alpha value is -2.98. The Labute approximate surface area is 165 Å². The van der Waals surface area contributed by atoms with Crippen molar-refractivity contribution in [1.29, 1.82) is 0 Å². The van der Waals surface area contributed by atoms with Crippen LogP contribution >= 0.6 is 0 Å². The maximum absolute atomic E-state index is 13.5.